The van der Waals surface area contributed by atoms with E-state index in [1.807, 2.05) is 18.2 Å². The predicted molar refractivity (Wildman–Crippen MR) is 83.6 cm³/mol. The minimum Gasteiger partial charge on any atom is -0.459 e. The molecule has 5 nitrogen and oxygen atoms in total. The monoisotopic (exact) mass is 320 g/mol. The van der Waals surface area contributed by atoms with Gasteiger partial charge >= 0.3 is 0 Å². The largest absolute Gasteiger partial charge is 0.459 e. The fourth-order valence-electron chi connectivity index (χ4n) is 1.97. The van der Waals surface area contributed by atoms with E-state index in [2.05, 4.69) is 5.32 Å². The van der Waals surface area contributed by atoms with Crippen molar-refractivity contribution in [2.45, 2.75) is 13.0 Å². The van der Waals surface area contributed by atoms with Crippen LogP contribution < -0.4 is 5.32 Å². The summed E-state index contributed by atoms with van der Waals surface area (Å²) >= 11 is 5.92. The lowest BCUT2D eigenvalue weighted by Crippen LogP contribution is -2.31. The molecule has 2 rings (SSSR count). The standard InChI is InChI=1S/C16H17ClN2O3/c1-19(11-12-4-2-5-13(17)10-12)15(20)7-8-18-16(21)14-6-3-9-22-14/h2-6,9-10H,7-8,11H2,1H3,(H,18,21). The lowest BCUT2D eigenvalue weighted by atomic mass is 10.2. The van der Waals surface area contributed by atoms with Gasteiger partial charge in [-0.15, -0.1) is 0 Å². The van der Waals surface area contributed by atoms with E-state index in [0.717, 1.165) is 5.56 Å². The van der Waals surface area contributed by atoms with Gasteiger partial charge in [0.15, 0.2) is 5.76 Å². The molecule has 6 heteroatoms. The van der Waals surface area contributed by atoms with Crippen LogP contribution in [0.4, 0.5) is 0 Å². The number of carbonyl (C=O) groups excluding carboxylic acids is 2. The maximum atomic E-state index is 12.0. The smallest absolute Gasteiger partial charge is 0.286 e. The molecular formula is C16H17ClN2O3. The van der Waals surface area contributed by atoms with Gasteiger partial charge in [0.05, 0.1) is 6.26 Å². The van der Waals surface area contributed by atoms with Crippen molar-refractivity contribution in [3.63, 3.8) is 0 Å². The Labute approximate surface area is 133 Å². The van der Waals surface area contributed by atoms with Crippen LogP contribution >= 0.6 is 11.6 Å². The lowest BCUT2D eigenvalue weighted by molar-refractivity contribution is -0.130. The number of nitrogens with one attached hydrogen (secondary N) is 1. The van der Waals surface area contributed by atoms with Crippen LogP contribution in [-0.4, -0.2) is 30.3 Å². The van der Waals surface area contributed by atoms with Gasteiger partial charge in [-0.05, 0) is 29.8 Å². The molecule has 0 fully saturated rings. The van der Waals surface area contributed by atoms with Crippen molar-refractivity contribution < 1.29 is 14.0 Å². The summed E-state index contributed by atoms with van der Waals surface area (Å²) in [5, 5.41) is 3.29. The summed E-state index contributed by atoms with van der Waals surface area (Å²) in [6, 6.07) is 10.6. The Hall–Kier alpha value is -2.27. The second kappa shape index (κ2) is 7.66. The normalized spacial score (nSPS) is 10.3. The van der Waals surface area contributed by atoms with Gasteiger partial charge in [-0.25, -0.2) is 0 Å². The van der Waals surface area contributed by atoms with Crippen LogP contribution in [0.2, 0.25) is 5.02 Å². The van der Waals surface area contributed by atoms with Gasteiger partial charge < -0.3 is 14.6 Å². The molecule has 116 valence electrons. The zero-order valence-electron chi connectivity index (χ0n) is 12.2. The van der Waals surface area contributed by atoms with E-state index in [9.17, 15) is 9.59 Å². The Kier molecular flexibility index (Phi) is 5.61. The number of hydrogen-bond donors (Lipinski definition) is 1. The molecule has 1 aromatic heterocycles. The first-order chi connectivity index (χ1) is 10.6. The van der Waals surface area contributed by atoms with Crippen molar-refractivity contribution in [3.05, 3.63) is 59.0 Å². The van der Waals surface area contributed by atoms with Gasteiger partial charge in [0.25, 0.3) is 5.91 Å². The Morgan fingerprint density at radius 3 is 2.77 bits per heavy atom. The van der Waals surface area contributed by atoms with Crippen LogP contribution in [0.1, 0.15) is 22.5 Å². The number of carbonyl (C=O) groups is 2. The highest BCUT2D eigenvalue weighted by Crippen LogP contribution is 2.12. The SMILES string of the molecule is CN(Cc1cccc(Cl)c1)C(=O)CCNC(=O)c1ccco1. The van der Waals surface area contributed by atoms with E-state index >= 15 is 0 Å². The average molecular weight is 321 g/mol. The van der Waals surface area contributed by atoms with Crippen LogP contribution in [-0.2, 0) is 11.3 Å². The molecule has 0 atom stereocenters. The highest BCUT2D eigenvalue weighted by Gasteiger charge is 2.12. The number of furan rings is 1. The van der Waals surface area contributed by atoms with Crippen molar-refractivity contribution in [2.75, 3.05) is 13.6 Å². The summed E-state index contributed by atoms with van der Waals surface area (Å²) in [4.78, 5) is 25.3. The number of nitrogens with zero attached hydrogens (tertiary/aromatic N) is 1. The number of rotatable bonds is 6. The molecule has 2 aromatic rings. The summed E-state index contributed by atoms with van der Waals surface area (Å²) < 4.78 is 4.97. The Morgan fingerprint density at radius 1 is 1.27 bits per heavy atom. The van der Waals surface area contributed by atoms with E-state index in [1.165, 1.54) is 6.26 Å². The molecule has 22 heavy (non-hydrogen) atoms. The van der Waals surface area contributed by atoms with Gasteiger partial charge in [0, 0.05) is 31.6 Å². The second-order valence-corrected chi connectivity index (χ2v) is 5.30. The van der Waals surface area contributed by atoms with E-state index in [1.54, 1.807) is 30.1 Å². The molecule has 0 bridgehead atoms. The minimum absolute atomic E-state index is 0.0558. The first kappa shape index (κ1) is 16.1. The molecule has 0 radical (unpaired) electrons. The molecular weight excluding hydrogens is 304 g/mol. The molecule has 0 saturated heterocycles. The molecule has 0 spiro atoms. The number of halogens is 1. The topological polar surface area (TPSA) is 62.6 Å². The van der Waals surface area contributed by atoms with Crippen LogP contribution in [0.15, 0.2) is 47.1 Å². The average Bonchev–Trinajstić information content (AvgIpc) is 3.01. The molecule has 0 aliphatic carbocycles. The minimum atomic E-state index is -0.324. The Bertz CT molecular complexity index is 641. The summed E-state index contributed by atoms with van der Waals surface area (Å²) in [5.74, 6) is -0.144. The van der Waals surface area contributed by atoms with Gasteiger partial charge in [0.2, 0.25) is 5.91 Å². The molecule has 1 aromatic carbocycles. The first-order valence-corrected chi connectivity index (χ1v) is 7.24. The van der Waals surface area contributed by atoms with Gasteiger partial charge in [0.1, 0.15) is 0 Å². The van der Waals surface area contributed by atoms with Gasteiger partial charge in [-0.2, -0.15) is 0 Å². The summed E-state index contributed by atoms with van der Waals surface area (Å²) in [6.07, 6.45) is 1.66. The molecule has 0 saturated carbocycles. The molecule has 2 amide bonds. The zero-order chi connectivity index (χ0) is 15.9. The fraction of sp³-hybridized carbons (Fsp3) is 0.250. The summed E-state index contributed by atoms with van der Waals surface area (Å²) in [7, 11) is 1.72. The predicted octanol–water partition coefficient (Wildman–Crippen LogP) is 2.71. The Morgan fingerprint density at radius 2 is 2.09 bits per heavy atom. The van der Waals surface area contributed by atoms with E-state index < -0.39 is 0 Å². The number of benzene rings is 1. The molecule has 0 aliphatic rings. The van der Waals surface area contributed by atoms with E-state index in [-0.39, 0.29) is 30.5 Å². The third kappa shape index (κ3) is 4.63. The van der Waals surface area contributed by atoms with Crippen molar-refractivity contribution in [1.29, 1.82) is 0 Å². The van der Waals surface area contributed by atoms with Crippen LogP contribution in [0, 0.1) is 0 Å². The quantitative estimate of drug-likeness (QED) is 0.890. The Balaban J connectivity index is 1.76. The first-order valence-electron chi connectivity index (χ1n) is 6.86. The molecule has 0 unspecified atom stereocenters. The highest BCUT2D eigenvalue weighted by molar-refractivity contribution is 6.30. The summed E-state index contributed by atoms with van der Waals surface area (Å²) in [5.41, 5.74) is 0.961. The van der Waals surface area contributed by atoms with Gasteiger partial charge in [-0.1, -0.05) is 23.7 Å². The maximum Gasteiger partial charge on any atom is 0.286 e. The highest BCUT2D eigenvalue weighted by atomic mass is 35.5. The third-order valence-corrected chi connectivity index (χ3v) is 3.34. The number of hydrogen-bond acceptors (Lipinski definition) is 3. The summed E-state index contributed by atoms with van der Waals surface area (Å²) in [6.45, 7) is 0.740. The lowest BCUT2D eigenvalue weighted by Gasteiger charge is -2.17. The molecule has 1 N–H and O–H groups in total. The van der Waals surface area contributed by atoms with Crippen LogP contribution in [0.5, 0.6) is 0 Å². The fourth-order valence-corrected chi connectivity index (χ4v) is 2.18. The number of amides is 2. The van der Waals surface area contributed by atoms with Gasteiger partial charge in [-0.3, -0.25) is 9.59 Å². The maximum absolute atomic E-state index is 12.0. The van der Waals surface area contributed by atoms with Crippen LogP contribution in [0.3, 0.4) is 0 Å². The van der Waals surface area contributed by atoms with Crippen molar-refractivity contribution in [3.8, 4) is 0 Å². The second-order valence-electron chi connectivity index (χ2n) is 4.86. The van der Waals surface area contributed by atoms with E-state index in [4.69, 9.17) is 16.0 Å². The van der Waals surface area contributed by atoms with Crippen molar-refractivity contribution >= 4 is 23.4 Å². The van der Waals surface area contributed by atoms with Crippen molar-refractivity contribution in [1.82, 2.24) is 10.2 Å². The molecule has 1 heterocycles. The third-order valence-electron chi connectivity index (χ3n) is 3.10. The zero-order valence-corrected chi connectivity index (χ0v) is 13.0. The molecule has 0 aliphatic heterocycles. The van der Waals surface area contributed by atoms with Crippen molar-refractivity contribution in [2.24, 2.45) is 0 Å². The van der Waals surface area contributed by atoms with Crippen LogP contribution in [0.25, 0.3) is 0 Å². The van der Waals surface area contributed by atoms with E-state index in [0.29, 0.717) is 11.6 Å².